The quantitative estimate of drug-likeness (QED) is 0.417. The summed E-state index contributed by atoms with van der Waals surface area (Å²) in [6.45, 7) is 4.30. The molecule has 2 unspecified atom stereocenters. The molecule has 112 valence electrons. The molecule has 4 heteroatoms. The van der Waals surface area contributed by atoms with Crippen LogP contribution in [0.1, 0.15) is 47.7 Å². The highest BCUT2D eigenvalue weighted by Crippen LogP contribution is 2.35. The number of rotatable bonds is 4. The van der Waals surface area contributed by atoms with Crippen LogP contribution in [0.5, 0.6) is 0 Å². The van der Waals surface area contributed by atoms with Crippen molar-refractivity contribution in [3.8, 4) is 0 Å². The van der Waals surface area contributed by atoms with E-state index in [-0.39, 0.29) is 10.6 Å². The molecule has 0 heterocycles. The zero-order chi connectivity index (χ0) is 15.6. The molecule has 2 aromatic carbocycles. The maximum absolute atomic E-state index is 13.9. The first kappa shape index (κ1) is 16.4. The number of hydrogen-bond acceptors (Lipinski definition) is 0. The van der Waals surface area contributed by atoms with Crippen LogP contribution in [0.25, 0.3) is 0 Å². The fourth-order valence-electron chi connectivity index (χ4n) is 2.14. The number of benzene rings is 2. The third-order valence-corrected chi connectivity index (χ3v) is 5.03. The summed E-state index contributed by atoms with van der Waals surface area (Å²) in [4.78, 5) is -0.407. The Hall–Kier alpha value is -0.930. The Morgan fingerprint density at radius 3 is 2.19 bits per heavy atom. The Morgan fingerprint density at radius 1 is 1.05 bits per heavy atom. The fourth-order valence-corrected chi connectivity index (χ4v) is 2.95. The van der Waals surface area contributed by atoms with Gasteiger partial charge in [0, 0.05) is 5.56 Å². The first-order valence-corrected chi connectivity index (χ1v) is 8.11. The van der Waals surface area contributed by atoms with Gasteiger partial charge in [-0.25, -0.2) is 8.78 Å². The minimum atomic E-state index is -0.617. The fraction of sp³-hybridized carbons (Fsp3) is 0.294. The summed E-state index contributed by atoms with van der Waals surface area (Å²) < 4.78 is 27.5. The zero-order valence-electron chi connectivity index (χ0n) is 11.8. The predicted octanol–water partition coefficient (Wildman–Crippen LogP) is 6.62. The van der Waals surface area contributed by atoms with Crippen LogP contribution in [0, 0.1) is 11.6 Å². The van der Waals surface area contributed by atoms with Crippen LogP contribution in [-0.2, 0) is 0 Å². The van der Waals surface area contributed by atoms with E-state index in [2.05, 4.69) is 29.8 Å². The van der Waals surface area contributed by atoms with Crippen molar-refractivity contribution >= 4 is 27.5 Å². The minimum Gasteiger partial charge on any atom is -0.207 e. The lowest BCUT2D eigenvalue weighted by molar-refractivity contribution is 0.588. The van der Waals surface area contributed by atoms with Crippen LogP contribution in [0.15, 0.2) is 36.4 Å². The third kappa shape index (κ3) is 3.64. The summed E-state index contributed by atoms with van der Waals surface area (Å²) in [6.07, 6.45) is 1.06. The Balaban J connectivity index is 2.32. The molecule has 0 aliphatic rings. The van der Waals surface area contributed by atoms with Crippen molar-refractivity contribution in [1.82, 2.24) is 0 Å². The average molecular weight is 374 g/mol. The van der Waals surface area contributed by atoms with Gasteiger partial charge in [-0.1, -0.05) is 65.6 Å². The normalized spacial score (nSPS) is 14.0. The van der Waals surface area contributed by atoms with E-state index in [1.54, 1.807) is 0 Å². The maximum Gasteiger partial charge on any atom is 0.142 e. The average Bonchev–Trinajstić information content (AvgIpc) is 2.49. The van der Waals surface area contributed by atoms with Gasteiger partial charge in [-0.05, 0) is 35.6 Å². The molecule has 0 aliphatic carbocycles. The number of alkyl halides is 1. The van der Waals surface area contributed by atoms with E-state index in [1.807, 2.05) is 24.3 Å². The van der Waals surface area contributed by atoms with Crippen molar-refractivity contribution in [2.75, 3.05) is 0 Å². The molecule has 0 bridgehead atoms. The summed E-state index contributed by atoms with van der Waals surface area (Å²) in [5.74, 6) is -0.652. The van der Waals surface area contributed by atoms with E-state index in [9.17, 15) is 8.78 Å². The molecule has 2 rings (SSSR count). The van der Waals surface area contributed by atoms with Crippen molar-refractivity contribution in [3.05, 3.63) is 69.7 Å². The molecule has 2 aromatic rings. The molecule has 0 nitrogen and oxygen atoms in total. The van der Waals surface area contributed by atoms with Crippen LogP contribution in [0.3, 0.4) is 0 Å². The Bertz CT molecular complexity index is 625. The van der Waals surface area contributed by atoms with E-state index in [4.69, 9.17) is 11.6 Å². The lowest BCUT2D eigenvalue weighted by Gasteiger charge is -2.15. The summed E-state index contributed by atoms with van der Waals surface area (Å²) in [5, 5.41) is -0.205. The molecule has 2 atom stereocenters. The molecule has 0 aromatic heterocycles. The van der Waals surface area contributed by atoms with Gasteiger partial charge in [-0.2, -0.15) is 0 Å². The third-order valence-electron chi connectivity index (χ3n) is 3.72. The van der Waals surface area contributed by atoms with Gasteiger partial charge in [0.05, 0.1) is 9.85 Å². The molecule has 0 spiro atoms. The Labute approximate surface area is 137 Å². The SMILES string of the molecule is CCC(C)c1ccc(C(Br)c2cc(F)c(Cl)cc2F)cc1. The zero-order valence-corrected chi connectivity index (χ0v) is 14.2. The van der Waals surface area contributed by atoms with Gasteiger partial charge in [0.15, 0.2) is 0 Å². The number of hydrogen-bond donors (Lipinski definition) is 0. The van der Waals surface area contributed by atoms with E-state index in [1.165, 1.54) is 5.56 Å². The topological polar surface area (TPSA) is 0 Å². The van der Waals surface area contributed by atoms with E-state index in [0.717, 1.165) is 24.1 Å². The van der Waals surface area contributed by atoms with Crippen LogP contribution in [0.4, 0.5) is 8.78 Å². The van der Waals surface area contributed by atoms with Gasteiger partial charge in [0.1, 0.15) is 11.6 Å². The highest BCUT2D eigenvalue weighted by molar-refractivity contribution is 9.09. The lowest BCUT2D eigenvalue weighted by atomic mass is 9.96. The Kier molecular flexibility index (Phi) is 5.39. The van der Waals surface area contributed by atoms with E-state index in [0.29, 0.717) is 5.92 Å². The largest absolute Gasteiger partial charge is 0.207 e. The molecule has 21 heavy (non-hydrogen) atoms. The molecule has 0 saturated carbocycles. The predicted molar refractivity (Wildman–Crippen MR) is 87.3 cm³/mol. The van der Waals surface area contributed by atoms with E-state index < -0.39 is 16.5 Å². The van der Waals surface area contributed by atoms with Gasteiger partial charge in [0.25, 0.3) is 0 Å². The van der Waals surface area contributed by atoms with Crippen LogP contribution >= 0.6 is 27.5 Å². The van der Waals surface area contributed by atoms with Gasteiger partial charge in [0.2, 0.25) is 0 Å². The summed E-state index contributed by atoms with van der Waals surface area (Å²) in [7, 11) is 0. The lowest BCUT2D eigenvalue weighted by Crippen LogP contribution is -1.99. The number of halogens is 4. The first-order chi connectivity index (χ1) is 9.93. The molecular formula is C17H16BrClF2. The second-order valence-corrected chi connectivity index (χ2v) is 6.45. The summed E-state index contributed by atoms with van der Waals surface area (Å²) in [5.41, 5.74) is 2.36. The summed E-state index contributed by atoms with van der Waals surface area (Å²) in [6, 6.07) is 10.1. The van der Waals surface area contributed by atoms with E-state index >= 15 is 0 Å². The van der Waals surface area contributed by atoms with Crippen LogP contribution < -0.4 is 0 Å². The first-order valence-electron chi connectivity index (χ1n) is 6.82. The highest BCUT2D eigenvalue weighted by atomic mass is 79.9. The van der Waals surface area contributed by atoms with Gasteiger partial charge in [-0.3, -0.25) is 0 Å². The van der Waals surface area contributed by atoms with Crippen molar-refractivity contribution in [2.24, 2.45) is 0 Å². The van der Waals surface area contributed by atoms with Crippen molar-refractivity contribution in [2.45, 2.75) is 31.0 Å². The standard InChI is InChI=1S/C17H16BrClF2/c1-3-10(2)11-4-6-12(7-5-11)17(18)13-8-16(21)14(19)9-15(13)20/h4-10,17H,3H2,1-2H3. The molecular weight excluding hydrogens is 358 g/mol. The molecule has 0 N–H and O–H groups in total. The van der Waals surface area contributed by atoms with Crippen LogP contribution in [0.2, 0.25) is 5.02 Å². The molecule has 0 radical (unpaired) electrons. The summed E-state index contributed by atoms with van der Waals surface area (Å²) >= 11 is 9.01. The Morgan fingerprint density at radius 2 is 1.62 bits per heavy atom. The maximum atomic E-state index is 13.9. The van der Waals surface area contributed by atoms with Gasteiger partial charge < -0.3 is 0 Å². The smallest absolute Gasteiger partial charge is 0.142 e. The van der Waals surface area contributed by atoms with Gasteiger partial charge >= 0.3 is 0 Å². The minimum absolute atomic E-state index is 0.205. The molecule has 0 fully saturated rings. The molecule has 0 saturated heterocycles. The van der Waals surface area contributed by atoms with Crippen molar-refractivity contribution in [3.63, 3.8) is 0 Å². The van der Waals surface area contributed by atoms with Crippen LogP contribution in [-0.4, -0.2) is 0 Å². The second kappa shape index (κ2) is 6.89. The second-order valence-electron chi connectivity index (χ2n) is 5.13. The molecule has 0 aliphatic heterocycles. The van der Waals surface area contributed by atoms with Crippen molar-refractivity contribution in [1.29, 1.82) is 0 Å². The van der Waals surface area contributed by atoms with Crippen molar-refractivity contribution < 1.29 is 8.78 Å². The highest BCUT2D eigenvalue weighted by Gasteiger charge is 2.18. The van der Waals surface area contributed by atoms with Gasteiger partial charge in [-0.15, -0.1) is 0 Å². The molecule has 0 amide bonds. The monoisotopic (exact) mass is 372 g/mol.